The van der Waals surface area contributed by atoms with Crippen molar-refractivity contribution in [2.24, 2.45) is 5.41 Å². The van der Waals surface area contributed by atoms with E-state index in [1.807, 2.05) is 30.3 Å². The van der Waals surface area contributed by atoms with E-state index < -0.39 is 17.3 Å². The van der Waals surface area contributed by atoms with Crippen LogP contribution in [0.3, 0.4) is 0 Å². The van der Waals surface area contributed by atoms with E-state index in [0.29, 0.717) is 18.0 Å². The normalized spacial score (nSPS) is 11.3. The molecule has 0 aliphatic heterocycles. The van der Waals surface area contributed by atoms with Gasteiger partial charge in [-0.25, -0.2) is 4.98 Å². The maximum absolute atomic E-state index is 12.2. The van der Waals surface area contributed by atoms with Gasteiger partial charge in [-0.1, -0.05) is 18.2 Å². The third-order valence-electron chi connectivity index (χ3n) is 3.64. The van der Waals surface area contributed by atoms with Gasteiger partial charge < -0.3 is 14.8 Å². The average Bonchev–Trinajstić information content (AvgIpc) is 2.90. The molecule has 0 saturated carbocycles. The summed E-state index contributed by atoms with van der Waals surface area (Å²) in [5, 5.41) is 11.7. The molecule has 122 valence electrons. The van der Waals surface area contributed by atoms with Crippen LogP contribution in [0.15, 0.2) is 34.7 Å². The van der Waals surface area contributed by atoms with Crippen molar-refractivity contribution in [2.75, 3.05) is 6.54 Å². The lowest BCUT2D eigenvalue weighted by Gasteiger charge is -2.18. The molecule has 0 aliphatic rings. The maximum Gasteiger partial charge on any atom is 0.309 e. The van der Waals surface area contributed by atoms with Crippen molar-refractivity contribution in [1.82, 2.24) is 10.3 Å². The summed E-state index contributed by atoms with van der Waals surface area (Å²) in [5.41, 5.74) is 0.402. The highest BCUT2D eigenvalue weighted by molar-refractivity contribution is 5.92. The molecule has 1 aromatic heterocycles. The zero-order valence-corrected chi connectivity index (χ0v) is 13.4. The third kappa shape index (κ3) is 3.97. The van der Waals surface area contributed by atoms with E-state index in [1.165, 1.54) is 0 Å². The Labute approximate surface area is 134 Å². The molecule has 0 bridgehead atoms. The Morgan fingerprint density at radius 2 is 1.91 bits per heavy atom. The van der Waals surface area contributed by atoms with Crippen molar-refractivity contribution in [3.8, 4) is 11.5 Å². The highest BCUT2D eigenvalue weighted by Crippen LogP contribution is 2.22. The molecule has 1 aromatic carbocycles. The van der Waals surface area contributed by atoms with Crippen LogP contribution in [0.25, 0.3) is 11.5 Å². The van der Waals surface area contributed by atoms with Crippen LogP contribution in [0.5, 0.6) is 0 Å². The summed E-state index contributed by atoms with van der Waals surface area (Å²) < 4.78 is 5.55. The number of rotatable bonds is 6. The van der Waals surface area contributed by atoms with Gasteiger partial charge in [0.2, 0.25) is 11.7 Å². The summed E-state index contributed by atoms with van der Waals surface area (Å²) in [6, 6.07) is 9.31. The van der Waals surface area contributed by atoms with Crippen molar-refractivity contribution in [2.45, 2.75) is 27.2 Å². The second kappa shape index (κ2) is 6.64. The van der Waals surface area contributed by atoms with Gasteiger partial charge in [0.05, 0.1) is 11.1 Å². The molecule has 0 spiro atoms. The Balaban J connectivity index is 2.03. The van der Waals surface area contributed by atoms with Crippen molar-refractivity contribution in [3.05, 3.63) is 41.8 Å². The first-order valence-electron chi connectivity index (χ1n) is 7.36. The Hall–Kier alpha value is -2.63. The van der Waals surface area contributed by atoms with E-state index in [2.05, 4.69) is 10.3 Å². The summed E-state index contributed by atoms with van der Waals surface area (Å²) in [6.45, 7) is 5.19. The standard InChI is InChI=1S/C17H20N2O4/c1-11-13(14(20)18-10-9-17(2,3)16(21)22)23-15(19-11)12-7-5-4-6-8-12/h4-8H,9-10H2,1-3H3,(H,18,20)(H,21,22). The number of aliphatic carboxylic acids is 1. The molecule has 2 N–H and O–H groups in total. The zero-order valence-electron chi connectivity index (χ0n) is 13.4. The molecular weight excluding hydrogens is 296 g/mol. The molecule has 2 aromatic rings. The highest BCUT2D eigenvalue weighted by Gasteiger charge is 2.27. The zero-order chi connectivity index (χ0) is 17.0. The SMILES string of the molecule is Cc1nc(-c2ccccc2)oc1C(=O)NCCC(C)(C)C(=O)O. The number of benzene rings is 1. The fourth-order valence-electron chi connectivity index (χ4n) is 1.99. The number of oxazole rings is 1. The van der Waals surface area contributed by atoms with Gasteiger partial charge in [-0.3, -0.25) is 9.59 Å². The number of carbonyl (C=O) groups excluding carboxylic acids is 1. The Bertz CT molecular complexity index is 705. The van der Waals surface area contributed by atoms with Gasteiger partial charge >= 0.3 is 5.97 Å². The van der Waals surface area contributed by atoms with Crippen LogP contribution in [0.2, 0.25) is 0 Å². The second-order valence-corrected chi connectivity index (χ2v) is 5.99. The van der Waals surface area contributed by atoms with E-state index in [9.17, 15) is 9.59 Å². The van der Waals surface area contributed by atoms with E-state index in [1.54, 1.807) is 20.8 Å². The Morgan fingerprint density at radius 1 is 1.26 bits per heavy atom. The molecule has 1 heterocycles. The van der Waals surface area contributed by atoms with Gasteiger partial charge in [-0.05, 0) is 39.3 Å². The van der Waals surface area contributed by atoms with Crippen LogP contribution < -0.4 is 5.32 Å². The number of hydrogen-bond donors (Lipinski definition) is 2. The summed E-state index contributed by atoms with van der Waals surface area (Å²) in [4.78, 5) is 27.5. The van der Waals surface area contributed by atoms with Crippen LogP contribution in [-0.4, -0.2) is 28.5 Å². The first kappa shape index (κ1) is 16.7. The molecule has 2 rings (SSSR count). The van der Waals surface area contributed by atoms with Gasteiger partial charge in [-0.15, -0.1) is 0 Å². The van der Waals surface area contributed by atoms with E-state index in [4.69, 9.17) is 9.52 Å². The average molecular weight is 316 g/mol. The number of amides is 1. The number of carboxylic acid groups (broad SMARTS) is 1. The minimum absolute atomic E-state index is 0.150. The Kier molecular flexibility index (Phi) is 4.83. The molecular formula is C17H20N2O4. The molecule has 6 nitrogen and oxygen atoms in total. The van der Waals surface area contributed by atoms with Crippen LogP contribution in [0.4, 0.5) is 0 Å². The molecule has 6 heteroatoms. The van der Waals surface area contributed by atoms with Crippen LogP contribution >= 0.6 is 0 Å². The molecule has 0 aliphatic carbocycles. The summed E-state index contributed by atoms with van der Waals surface area (Å²) in [5.74, 6) is -0.747. The largest absolute Gasteiger partial charge is 0.481 e. The smallest absolute Gasteiger partial charge is 0.309 e. The van der Waals surface area contributed by atoms with Crippen molar-refractivity contribution in [3.63, 3.8) is 0 Å². The molecule has 0 unspecified atom stereocenters. The second-order valence-electron chi connectivity index (χ2n) is 5.99. The lowest BCUT2D eigenvalue weighted by atomic mass is 9.90. The van der Waals surface area contributed by atoms with Gasteiger partial charge in [0.1, 0.15) is 0 Å². The fourth-order valence-corrected chi connectivity index (χ4v) is 1.99. The monoisotopic (exact) mass is 316 g/mol. The topological polar surface area (TPSA) is 92.4 Å². The predicted octanol–water partition coefficient (Wildman–Crippen LogP) is 2.88. The van der Waals surface area contributed by atoms with Crippen molar-refractivity contribution in [1.29, 1.82) is 0 Å². The number of hydrogen-bond acceptors (Lipinski definition) is 4. The quantitative estimate of drug-likeness (QED) is 0.855. The van der Waals surface area contributed by atoms with Gasteiger partial charge in [-0.2, -0.15) is 0 Å². The molecule has 0 atom stereocenters. The summed E-state index contributed by atoms with van der Waals surface area (Å²) in [6.07, 6.45) is 0.326. The van der Waals surface area contributed by atoms with E-state index in [-0.39, 0.29) is 12.3 Å². The number of aromatic nitrogens is 1. The van der Waals surface area contributed by atoms with Gasteiger partial charge in [0, 0.05) is 12.1 Å². The highest BCUT2D eigenvalue weighted by atomic mass is 16.4. The Morgan fingerprint density at radius 3 is 2.52 bits per heavy atom. The molecule has 1 amide bonds. The fraction of sp³-hybridized carbons (Fsp3) is 0.353. The third-order valence-corrected chi connectivity index (χ3v) is 3.64. The molecule has 0 radical (unpaired) electrons. The minimum atomic E-state index is -0.894. The number of nitrogens with one attached hydrogen (secondary N) is 1. The van der Waals surface area contributed by atoms with E-state index in [0.717, 1.165) is 5.56 Å². The van der Waals surface area contributed by atoms with Crippen LogP contribution in [-0.2, 0) is 4.79 Å². The number of aryl methyl sites for hydroxylation is 1. The molecule has 23 heavy (non-hydrogen) atoms. The van der Waals surface area contributed by atoms with Crippen LogP contribution in [0.1, 0.15) is 36.5 Å². The molecule has 0 saturated heterocycles. The van der Waals surface area contributed by atoms with Gasteiger partial charge in [0.25, 0.3) is 5.91 Å². The first-order valence-corrected chi connectivity index (χ1v) is 7.36. The summed E-state index contributed by atoms with van der Waals surface area (Å²) >= 11 is 0. The number of nitrogens with zero attached hydrogens (tertiary/aromatic N) is 1. The molecule has 0 fully saturated rings. The van der Waals surface area contributed by atoms with E-state index >= 15 is 0 Å². The lowest BCUT2D eigenvalue weighted by molar-refractivity contribution is -0.147. The lowest BCUT2D eigenvalue weighted by Crippen LogP contribution is -2.32. The van der Waals surface area contributed by atoms with Crippen molar-refractivity contribution < 1.29 is 19.1 Å². The van der Waals surface area contributed by atoms with Gasteiger partial charge in [0.15, 0.2) is 0 Å². The number of carboxylic acids is 1. The first-order chi connectivity index (χ1) is 10.8. The predicted molar refractivity (Wildman–Crippen MR) is 85.0 cm³/mol. The summed E-state index contributed by atoms with van der Waals surface area (Å²) in [7, 11) is 0. The van der Waals surface area contributed by atoms with Crippen LogP contribution in [0, 0.1) is 12.3 Å². The number of carbonyl (C=O) groups is 2. The minimum Gasteiger partial charge on any atom is -0.481 e. The maximum atomic E-state index is 12.2. The van der Waals surface area contributed by atoms with Crippen molar-refractivity contribution >= 4 is 11.9 Å².